The molecule has 0 spiro atoms. The molecule has 5 rings (SSSR count). The molecule has 1 amide bonds. The summed E-state index contributed by atoms with van der Waals surface area (Å²) in [6.45, 7) is 3.40. The van der Waals surface area contributed by atoms with Gasteiger partial charge in [-0.05, 0) is 31.2 Å². The fraction of sp³-hybridized carbons (Fsp3) is 0.238. The lowest BCUT2D eigenvalue weighted by Gasteiger charge is -2.31. The molecule has 0 saturated carbocycles. The van der Waals surface area contributed by atoms with Crippen molar-refractivity contribution in [1.29, 1.82) is 0 Å². The third-order valence-electron chi connectivity index (χ3n) is 5.01. The highest BCUT2D eigenvalue weighted by molar-refractivity contribution is 7.09. The van der Waals surface area contributed by atoms with Crippen molar-refractivity contribution >= 4 is 22.9 Å². The van der Waals surface area contributed by atoms with E-state index in [1.165, 1.54) is 11.3 Å². The second kappa shape index (κ2) is 7.38. The SMILES string of the molecule is Cc1nc(C(=O)N2CCO[C@H](c3cn4c(-c5ccncc5)cccc4n3)C2)cs1. The Hall–Kier alpha value is -3.10. The molecule has 0 aliphatic carbocycles. The molecule has 146 valence electrons. The van der Waals surface area contributed by atoms with Crippen LogP contribution < -0.4 is 0 Å². The lowest BCUT2D eigenvalue weighted by molar-refractivity contribution is -0.0246. The Kier molecular flexibility index (Phi) is 4.57. The van der Waals surface area contributed by atoms with Gasteiger partial charge in [-0.1, -0.05) is 6.07 Å². The van der Waals surface area contributed by atoms with E-state index in [1.807, 2.05) is 42.8 Å². The number of hydrogen-bond donors (Lipinski definition) is 0. The van der Waals surface area contributed by atoms with Crippen LogP contribution in [0, 0.1) is 6.92 Å². The summed E-state index contributed by atoms with van der Waals surface area (Å²) in [4.78, 5) is 27.8. The van der Waals surface area contributed by atoms with E-state index >= 15 is 0 Å². The molecule has 29 heavy (non-hydrogen) atoms. The zero-order chi connectivity index (χ0) is 19.8. The summed E-state index contributed by atoms with van der Waals surface area (Å²) in [5, 5.41) is 2.70. The lowest BCUT2D eigenvalue weighted by atomic mass is 10.2. The molecule has 4 aromatic heterocycles. The summed E-state index contributed by atoms with van der Waals surface area (Å²) in [5.74, 6) is -0.0520. The molecular weight excluding hydrogens is 386 g/mol. The maximum atomic E-state index is 12.8. The maximum Gasteiger partial charge on any atom is 0.273 e. The number of carbonyl (C=O) groups is 1. The van der Waals surface area contributed by atoms with Crippen molar-refractivity contribution < 1.29 is 9.53 Å². The number of nitrogens with zero attached hydrogens (tertiary/aromatic N) is 5. The number of hydrogen-bond acceptors (Lipinski definition) is 6. The van der Waals surface area contributed by atoms with Gasteiger partial charge in [-0.2, -0.15) is 0 Å². The van der Waals surface area contributed by atoms with Crippen molar-refractivity contribution in [1.82, 2.24) is 24.3 Å². The number of aromatic nitrogens is 4. The Balaban J connectivity index is 1.44. The highest BCUT2D eigenvalue weighted by atomic mass is 32.1. The molecule has 0 aromatic carbocycles. The minimum absolute atomic E-state index is 0.0520. The normalized spacial score (nSPS) is 17.0. The Bertz CT molecular complexity index is 1170. The fourth-order valence-corrected chi connectivity index (χ4v) is 4.17. The molecule has 1 aliphatic heterocycles. The zero-order valence-electron chi connectivity index (χ0n) is 15.9. The van der Waals surface area contributed by atoms with Gasteiger partial charge in [0, 0.05) is 36.1 Å². The monoisotopic (exact) mass is 405 g/mol. The Morgan fingerprint density at radius 1 is 1.21 bits per heavy atom. The van der Waals surface area contributed by atoms with Gasteiger partial charge in [0.2, 0.25) is 0 Å². The Morgan fingerprint density at radius 2 is 2.07 bits per heavy atom. The lowest BCUT2D eigenvalue weighted by Crippen LogP contribution is -2.42. The van der Waals surface area contributed by atoms with Gasteiger partial charge < -0.3 is 9.64 Å². The van der Waals surface area contributed by atoms with Gasteiger partial charge in [-0.15, -0.1) is 11.3 Å². The van der Waals surface area contributed by atoms with Gasteiger partial charge in [0.15, 0.2) is 0 Å². The van der Waals surface area contributed by atoms with E-state index in [1.54, 1.807) is 17.3 Å². The number of fused-ring (bicyclic) bond motifs is 1. The number of thiazole rings is 1. The van der Waals surface area contributed by atoms with Crippen LogP contribution in [0.1, 0.15) is 27.3 Å². The molecule has 0 N–H and O–H groups in total. The van der Waals surface area contributed by atoms with Crippen LogP contribution in [0.25, 0.3) is 16.9 Å². The van der Waals surface area contributed by atoms with Gasteiger partial charge >= 0.3 is 0 Å². The standard InChI is InChI=1S/C21H19N5O2S/c1-14-23-17(13-29-14)21(27)25-9-10-28-19(12-25)16-11-26-18(3-2-4-20(26)24-16)15-5-7-22-8-6-15/h2-8,11,13,19H,9-10,12H2,1H3/t19-/m0/s1. The molecule has 4 aromatic rings. The predicted octanol–water partition coefficient (Wildman–Crippen LogP) is 3.37. The second-order valence-corrected chi connectivity index (χ2v) is 7.97. The number of ether oxygens (including phenoxy) is 1. The topological polar surface area (TPSA) is 72.6 Å². The summed E-state index contributed by atoms with van der Waals surface area (Å²) in [6.07, 6.45) is 5.29. The van der Waals surface area contributed by atoms with Crippen LogP contribution in [0.4, 0.5) is 0 Å². The molecule has 5 heterocycles. The Labute approximate surface area is 171 Å². The van der Waals surface area contributed by atoms with Crippen molar-refractivity contribution in [2.45, 2.75) is 13.0 Å². The van der Waals surface area contributed by atoms with Crippen molar-refractivity contribution in [3.8, 4) is 11.3 Å². The molecule has 7 nitrogen and oxygen atoms in total. The highest BCUT2D eigenvalue weighted by Gasteiger charge is 2.29. The van der Waals surface area contributed by atoms with Crippen LogP contribution in [0.3, 0.4) is 0 Å². The molecule has 0 bridgehead atoms. The molecule has 8 heteroatoms. The van der Waals surface area contributed by atoms with Crippen LogP contribution in [0.2, 0.25) is 0 Å². The summed E-state index contributed by atoms with van der Waals surface area (Å²) >= 11 is 1.49. The number of amides is 1. The zero-order valence-corrected chi connectivity index (χ0v) is 16.7. The maximum absolute atomic E-state index is 12.8. The molecule has 1 saturated heterocycles. The molecule has 1 atom stereocenters. The van der Waals surface area contributed by atoms with Crippen molar-refractivity contribution in [2.75, 3.05) is 19.7 Å². The van der Waals surface area contributed by atoms with Crippen LogP contribution >= 0.6 is 11.3 Å². The third kappa shape index (κ3) is 3.41. The molecule has 1 aliphatic rings. The van der Waals surface area contributed by atoms with Gasteiger partial charge in [-0.3, -0.25) is 14.2 Å². The first-order chi connectivity index (χ1) is 14.2. The second-order valence-electron chi connectivity index (χ2n) is 6.90. The average molecular weight is 405 g/mol. The fourth-order valence-electron chi connectivity index (χ4n) is 3.58. The number of pyridine rings is 2. The van der Waals surface area contributed by atoms with Crippen LogP contribution in [-0.2, 0) is 4.74 Å². The smallest absolute Gasteiger partial charge is 0.273 e. The van der Waals surface area contributed by atoms with E-state index in [-0.39, 0.29) is 12.0 Å². The summed E-state index contributed by atoms with van der Waals surface area (Å²) in [7, 11) is 0. The van der Waals surface area contributed by atoms with E-state index in [4.69, 9.17) is 9.72 Å². The van der Waals surface area contributed by atoms with Crippen LogP contribution in [0.5, 0.6) is 0 Å². The first-order valence-electron chi connectivity index (χ1n) is 9.40. The first kappa shape index (κ1) is 18.0. The molecular formula is C21H19N5O2S. The quantitative estimate of drug-likeness (QED) is 0.523. The van der Waals surface area contributed by atoms with E-state index < -0.39 is 0 Å². The molecule has 0 unspecified atom stereocenters. The van der Waals surface area contributed by atoms with Crippen LogP contribution in [-0.4, -0.2) is 49.9 Å². The number of carbonyl (C=O) groups excluding carboxylic acids is 1. The van der Waals surface area contributed by atoms with Gasteiger partial charge in [0.25, 0.3) is 5.91 Å². The average Bonchev–Trinajstić information content (AvgIpc) is 3.40. The van der Waals surface area contributed by atoms with E-state index in [9.17, 15) is 4.79 Å². The van der Waals surface area contributed by atoms with Gasteiger partial charge in [-0.25, -0.2) is 9.97 Å². The number of rotatable bonds is 3. The molecule has 0 radical (unpaired) electrons. The first-order valence-corrected chi connectivity index (χ1v) is 10.3. The van der Waals surface area contributed by atoms with E-state index in [2.05, 4.69) is 20.4 Å². The summed E-state index contributed by atoms with van der Waals surface area (Å²) < 4.78 is 8.02. The highest BCUT2D eigenvalue weighted by Crippen LogP contribution is 2.26. The van der Waals surface area contributed by atoms with E-state index in [0.29, 0.717) is 25.4 Å². The van der Waals surface area contributed by atoms with Crippen LogP contribution in [0.15, 0.2) is 54.3 Å². The predicted molar refractivity (Wildman–Crippen MR) is 110 cm³/mol. The van der Waals surface area contributed by atoms with Crippen molar-refractivity contribution in [2.24, 2.45) is 0 Å². The third-order valence-corrected chi connectivity index (χ3v) is 5.78. The molecule has 1 fully saturated rings. The van der Waals surface area contributed by atoms with E-state index in [0.717, 1.165) is 27.6 Å². The minimum Gasteiger partial charge on any atom is -0.368 e. The number of morpholine rings is 1. The summed E-state index contributed by atoms with van der Waals surface area (Å²) in [6, 6.07) is 9.96. The minimum atomic E-state index is -0.266. The van der Waals surface area contributed by atoms with Crippen molar-refractivity contribution in [3.05, 3.63) is 70.7 Å². The largest absolute Gasteiger partial charge is 0.368 e. The Morgan fingerprint density at radius 3 is 2.86 bits per heavy atom. The summed E-state index contributed by atoms with van der Waals surface area (Å²) in [5.41, 5.74) is 4.26. The van der Waals surface area contributed by atoms with Gasteiger partial charge in [0.05, 0.1) is 29.5 Å². The van der Waals surface area contributed by atoms with Crippen molar-refractivity contribution in [3.63, 3.8) is 0 Å². The van der Waals surface area contributed by atoms with Gasteiger partial charge in [0.1, 0.15) is 17.4 Å². The number of imidazole rings is 1. The number of aryl methyl sites for hydroxylation is 1.